The van der Waals surface area contributed by atoms with Crippen LogP contribution in [0.5, 0.6) is 0 Å². The number of carboxylic acid groups (broad SMARTS) is 2. The highest BCUT2D eigenvalue weighted by atomic mass is 19.4. The lowest BCUT2D eigenvalue weighted by Gasteiger charge is -2.14. The van der Waals surface area contributed by atoms with E-state index < -0.39 is 18.1 Å². The maximum atomic E-state index is 11.5. The van der Waals surface area contributed by atoms with Crippen LogP contribution >= 0.6 is 0 Å². The van der Waals surface area contributed by atoms with Crippen molar-refractivity contribution in [2.45, 2.75) is 32.0 Å². The number of nitrogens with two attached hydrogens (primary N) is 1. The molecule has 1 aliphatic rings. The van der Waals surface area contributed by atoms with Gasteiger partial charge in [-0.1, -0.05) is 0 Å². The highest BCUT2D eigenvalue weighted by molar-refractivity contribution is 5.90. The minimum atomic E-state index is -5.08. The highest BCUT2D eigenvalue weighted by Crippen LogP contribution is 2.34. The molecule has 11 heteroatoms. The number of aromatic nitrogens is 3. The van der Waals surface area contributed by atoms with Crippen molar-refractivity contribution in [3.05, 3.63) is 35.3 Å². The van der Waals surface area contributed by atoms with E-state index in [1.807, 2.05) is 12.3 Å². The average molecular weight is 386 g/mol. The van der Waals surface area contributed by atoms with E-state index in [4.69, 9.17) is 15.6 Å². The van der Waals surface area contributed by atoms with Crippen LogP contribution in [0.15, 0.2) is 18.5 Å². The Morgan fingerprint density at radius 1 is 1.26 bits per heavy atom. The van der Waals surface area contributed by atoms with E-state index in [0.717, 1.165) is 28.8 Å². The third kappa shape index (κ3) is 4.61. The summed E-state index contributed by atoms with van der Waals surface area (Å²) in [6.45, 7) is 1.05. The Labute approximate surface area is 151 Å². The zero-order chi connectivity index (χ0) is 20.2. The van der Waals surface area contributed by atoms with E-state index in [1.54, 1.807) is 10.9 Å². The zero-order valence-corrected chi connectivity index (χ0v) is 14.0. The van der Waals surface area contributed by atoms with Gasteiger partial charge < -0.3 is 15.9 Å². The van der Waals surface area contributed by atoms with Gasteiger partial charge in [-0.05, 0) is 37.4 Å². The number of halogens is 3. The van der Waals surface area contributed by atoms with E-state index in [2.05, 4.69) is 10.1 Å². The van der Waals surface area contributed by atoms with E-state index in [0.29, 0.717) is 31.6 Å². The molecule has 0 amide bonds. The van der Waals surface area contributed by atoms with Crippen LogP contribution in [-0.4, -0.2) is 49.6 Å². The molecule has 8 nitrogen and oxygen atoms in total. The predicted octanol–water partition coefficient (Wildman–Crippen LogP) is 1.72. The SMILES string of the molecule is NCCCn1nc2c(c1C(=O)O)CCc1cnccc1-2.O=C(O)C(F)(F)F. The molecule has 0 unspecified atom stereocenters. The van der Waals surface area contributed by atoms with Gasteiger partial charge >= 0.3 is 18.1 Å². The molecule has 2 heterocycles. The van der Waals surface area contributed by atoms with Gasteiger partial charge in [-0.25, -0.2) is 9.59 Å². The van der Waals surface area contributed by atoms with Gasteiger partial charge in [0.15, 0.2) is 0 Å². The number of fused-ring (bicyclic) bond motifs is 3. The minimum Gasteiger partial charge on any atom is -0.477 e. The Morgan fingerprint density at radius 2 is 1.93 bits per heavy atom. The van der Waals surface area contributed by atoms with Crippen molar-refractivity contribution in [3.63, 3.8) is 0 Å². The van der Waals surface area contributed by atoms with Crippen molar-refractivity contribution in [1.29, 1.82) is 0 Å². The summed E-state index contributed by atoms with van der Waals surface area (Å²) in [5.74, 6) is -3.68. The van der Waals surface area contributed by atoms with Gasteiger partial charge in [-0.15, -0.1) is 0 Å². The number of pyridine rings is 1. The van der Waals surface area contributed by atoms with Crippen LogP contribution in [0.3, 0.4) is 0 Å². The second kappa shape index (κ2) is 8.16. The van der Waals surface area contributed by atoms with Crippen molar-refractivity contribution in [2.24, 2.45) is 5.73 Å². The Bertz CT molecular complexity index is 849. The van der Waals surface area contributed by atoms with Gasteiger partial charge in [0.05, 0.1) is 5.69 Å². The molecular formula is C16H17F3N4O4. The Morgan fingerprint density at radius 3 is 2.48 bits per heavy atom. The van der Waals surface area contributed by atoms with Crippen molar-refractivity contribution in [3.8, 4) is 11.3 Å². The van der Waals surface area contributed by atoms with Crippen LogP contribution in [0, 0.1) is 0 Å². The third-order valence-corrected chi connectivity index (χ3v) is 3.87. The molecule has 2 aromatic rings. The monoisotopic (exact) mass is 386 g/mol. The number of hydrogen-bond donors (Lipinski definition) is 3. The molecule has 0 spiro atoms. The van der Waals surface area contributed by atoms with Crippen LogP contribution in [0.1, 0.15) is 28.0 Å². The fourth-order valence-corrected chi connectivity index (χ4v) is 2.71. The number of carboxylic acids is 2. The molecule has 2 aromatic heterocycles. The van der Waals surface area contributed by atoms with E-state index in [-0.39, 0.29) is 0 Å². The number of alkyl halides is 3. The summed E-state index contributed by atoms with van der Waals surface area (Å²) in [7, 11) is 0. The smallest absolute Gasteiger partial charge is 0.477 e. The molecular weight excluding hydrogens is 369 g/mol. The lowest BCUT2D eigenvalue weighted by Crippen LogP contribution is -2.21. The molecule has 0 saturated carbocycles. The number of aliphatic carboxylic acids is 1. The van der Waals surface area contributed by atoms with Crippen LogP contribution in [0.4, 0.5) is 13.2 Å². The Balaban J connectivity index is 0.000000321. The molecule has 1 aliphatic carbocycles. The lowest BCUT2D eigenvalue weighted by molar-refractivity contribution is -0.192. The number of hydrogen-bond acceptors (Lipinski definition) is 5. The summed E-state index contributed by atoms with van der Waals surface area (Å²) in [6, 6.07) is 1.90. The second-order valence-electron chi connectivity index (χ2n) is 5.68. The third-order valence-electron chi connectivity index (χ3n) is 3.87. The largest absolute Gasteiger partial charge is 0.490 e. The quantitative estimate of drug-likeness (QED) is 0.729. The predicted molar refractivity (Wildman–Crippen MR) is 87.2 cm³/mol. The first-order valence-electron chi connectivity index (χ1n) is 7.93. The summed E-state index contributed by atoms with van der Waals surface area (Å²) in [6.07, 6.45) is 0.673. The number of carbonyl (C=O) groups is 2. The molecule has 0 bridgehead atoms. The average Bonchev–Trinajstić information content (AvgIpc) is 2.98. The van der Waals surface area contributed by atoms with Gasteiger partial charge in [0, 0.05) is 30.1 Å². The fourth-order valence-electron chi connectivity index (χ4n) is 2.71. The van der Waals surface area contributed by atoms with Crippen molar-refractivity contribution >= 4 is 11.9 Å². The molecule has 4 N–H and O–H groups in total. The van der Waals surface area contributed by atoms with Crippen molar-refractivity contribution in [2.75, 3.05) is 6.54 Å². The zero-order valence-electron chi connectivity index (χ0n) is 14.0. The maximum absolute atomic E-state index is 11.5. The van der Waals surface area contributed by atoms with Crippen molar-refractivity contribution < 1.29 is 33.0 Å². The molecule has 0 radical (unpaired) electrons. The highest BCUT2D eigenvalue weighted by Gasteiger charge is 2.38. The number of rotatable bonds is 4. The second-order valence-corrected chi connectivity index (χ2v) is 5.68. The molecule has 27 heavy (non-hydrogen) atoms. The molecule has 0 fully saturated rings. The van der Waals surface area contributed by atoms with Crippen LogP contribution in [-0.2, 0) is 24.2 Å². The van der Waals surface area contributed by atoms with Crippen LogP contribution in [0.25, 0.3) is 11.3 Å². The topological polar surface area (TPSA) is 131 Å². The van der Waals surface area contributed by atoms with Crippen LogP contribution in [0.2, 0.25) is 0 Å². The Kier molecular flexibility index (Phi) is 6.16. The van der Waals surface area contributed by atoms with Gasteiger partial charge in [-0.2, -0.15) is 18.3 Å². The molecule has 0 saturated heterocycles. The molecule has 3 rings (SSSR count). The first-order chi connectivity index (χ1) is 12.7. The van der Waals surface area contributed by atoms with Crippen LogP contribution < -0.4 is 5.73 Å². The van der Waals surface area contributed by atoms with Gasteiger partial charge in [0.1, 0.15) is 5.69 Å². The Hall–Kier alpha value is -2.95. The normalized spacial score (nSPS) is 12.4. The van der Waals surface area contributed by atoms with Gasteiger partial charge in [-0.3, -0.25) is 9.67 Å². The molecule has 146 valence electrons. The van der Waals surface area contributed by atoms with E-state index in [9.17, 15) is 23.1 Å². The standard InChI is InChI=1S/C14H16N4O2.C2HF3O2/c15-5-1-7-18-13(14(19)20)11-3-2-9-8-16-6-4-10(9)12(11)17-18;3-2(4,5)1(6)7/h4,6,8H,1-3,5,7,15H2,(H,19,20);(H,6,7). The molecule has 0 atom stereocenters. The fraction of sp³-hybridized carbons (Fsp3) is 0.375. The summed E-state index contributed by atoms with van der Waals surface area (Å²) in [5.41, 5.74) is 9.53. The van der Waals surface area contributed by atoms with Gasteiger partial charge in [0.25, 0.3) is 0 Å². The lowest BCUT2D eigenvalue weighted by atomic mass is 9.90. The summed E-state index contributed by atoms with van der Waals surface area (Å²) in [5, 5.41) is 21.1. The first kappa shape index (κ1) is 20.4. The number of nitrogens with zero attached hydrogens (tertiary/aromatic N) is 3. The first-order valence-corrected chi connectivity index (χ1v) is 7.93. The maximum Gasteiger partial charge on any atom is 0.490 e. The molecule has 0 aliphatic heterocycles. The number of aromatic carboxylic acids is 1. The summed E-state index contributed by atoms with van der Waals surface area (Å²) < 4.78 is 33.3. The summed E-state index contributed by atoms with van der Waals surface area (Å²) >= 11 is 0. The minimum absolute atomic E-state index is 0.302. The van der Waals surface area contributed by atoms with E-state index >= 15 is 0 Å². The van der Waals surface area contributed by atoms with Gasteiger partial charge in [0.2, 0.25) is 0 Å². The van der Waals surface area contributed by atoms with Crippen molar-refractivity contribution in [1.82, 2.24) is 14.8 Å². The number of aryl methyl sites for hydroxylation is 2. The van der Waals surface area contributed by atoms with E-state index in [1.165, 1.54) is 0 Å². The molecule has 0 aromatic carbocycles. The summed E-state index contributed by atoms with van der Waals surface area (Å²) in [4.78, 5) is 24.5.